The Balaban J connectivity index is 1.41. The monoisotopic (exact) mass is 358 g/mol. The first-order chi connectivity index (χ1) is 12.3. The Kier molecular flexibility index (Phi) is 4.25. The molecule has 1 amide bonds. The first-order valence-corrected chi connectivity index (χ1v) is 9.80. The van der Waals surface area contributed by atoms with Crippen LogP contribution in [0.1, 0.15) is 61.8 Å². The van der Waals surface area contributed by atoms with E-state index in [9.17, 15) is 9.90 Å². The number of aromatic nitrogens is 1. The van der Waals surface area contributed by atoms with Crippen molar-refractivity contribution in [1.29, 1.82) is 0 Å². The van der Waals surface area contributed by atoms with Gasteiger partial charge in [-0.05, 0) is 69.6 Å². The number of carbonyl (C=O) groups is 1. The van der Waals surface area contributed by atoms with Crippen LogP contribution < -0.4 is 10.1 Å². The van der Waals surface area contributed by atoms with Crippen LogP contribution in [0.5, 0.6) is 5.75 Å². The number of aliphatic hydroxyl groups is 1. The summed E-state index contributed by atoms with van der Waals surface area (Å²) in [6.07, 6.45) is 8.47. The minimum atomic E-state index is -0.507. The smallest absolute Gasteiger partial charge is 0.220 e. The lowest BCUT2D eigenvalue weighted by Crippen LogP contribution is -2.56. The van der Waals surface area contributed by atoms with Gasteiger partial charge < -0.3 is 15.2 Å². The first-order valence-electron chi connectivity index (χ1n) is 9.80. The van der Waals surface area contributed by atoms with Crippen molar-refractivity contribution >= 4 is 5.91 Å². The van der Waals surface area contributed by atoms with Crippen LogP contribution >= 0.6 is 0 Å². The topological polar surface area (TPSA) is 71.5 Å². The molecule has 5 nitrogen and oxygen atoms in total. The van der Waals surface area contributed by atoms with Crippen LogP contribution in [0.3, 0.4) is 0 Å². The summed E-state index contributed by atoms with van der Waals surface area (Å²) in [5.74, 6) is 2.14. The van der Waals surface area contributed by atoms with Gasteiger partial charge in [0.05, 0.1) is 24.9 Å². The lowest BCUT2D eigenvalue weighted by Gasteiger charge is -2.60. The standard InChI is InChI=1S/C21H30N2O3/c1-13-10-22-17(14(2)19(13)26-3)11-23-18(24)9-20-5-15-4-16(6-20)8-21(25,7-15)12-20/h10,15-16,25H,4-9,11-12H2,1-3H3,(H,23,24)/t15-,16-,20?,21?/m1/s1. The summed E-state index contributed by atoms with van der Waals surface area (Å²) >= 11 is 0. The second kappa shape index (κ2) is 6.22. The first kappa shape index (κ1) is 17.8. The van der Waals surface area contributed by atoms with Crippen LogP contribution in [-0.2, 0) is 11.3 Å². The molecule has 5 rings (SSSR count). The van der Waals surface area contributed by atoms with Crippen molar-refractivity contribution in [2.75, 3.05) is 7.11 Å². The SMILES string of the molecule is COc1c(C)cnc(CNC(=O)CC23C[C@H]4C[C@@H](CC(O)(C4)C2)C3)c1C. The molecule has 4 aliphatic rings. The summed E-state index contributed by atoms with van der Waals surface area (Å²) in [5.41, 5.74) is 2.34. The van der Waals surface area contributed by atoms with Gasteiger partial charge in [-0.15, -0.1) is 0 Å². The fraction of sp³-hybridized carbons (Fsp3) is 0.714. The van der Waals surface area contributed by atoms with Crippen molar-refractivity contribution in [3.8, 4) is 5.75 Å². The Morgan fingerprint density at radius 3 is 2.62 bits per heavy atom. The number of rotatable bonds is 5. The van der Waals surface area contributed by atoms with E-state index in [1.54, 1.807) is 13.3 Å². The number of ether oxygens (including phenoxy) is 1. The summed E-state index contributed by atoms with van der Waals surface area (Å²) in [6.45, 7) is 4.38. The van der Waals surface area contributed by atoms with Gasteiger partial charge in [0.1, 0.15) is 5.75 Å². The van der Waals surface area contributed by atoms with Crippen molar-refractivity contribution in [3.63, 3.8) is 0 Å². The number of carbonyl (C=O) groups excluding carboxylic acids is 1. The Bertz CT molecular complexity index is 716. The molecule has 1 aromatic heterocycles. The Morgan fingerprint density at radius 2 is 2.00 bits per heavy atom. The zero-order chi connectivity index (χ0) is 18.5. The predicted octanol–water partition coefficient (Wildman–Crippen LogP) is 3.04. The van der Waals surface area contributed by atoms with Gasteiger partial charge >= 0.3 is 0 Å². The van der Waals surface area contributed by atoms with Gasteiger partial charge in [-0.3, -0.25) is 9.78 Å². The van der Waals surface area contributed by atoms with E-state index >= 15 is 0 Å². The van der Waals surface area contributed by atoms with E-state index in [1.165, 1.54) is 6.42 Å². The number of pyridine rings is 1. The van der Waals surface area contributed by atoms with E-state index in [-0.39, 0.29) is 11.3 Å². The number of amides is 1. The number of hydrogen-bond donors (Lipinski definition) is 2. The van der Waals surface area contributed by atoms with Crippen LogP contribution in [0.2, 0.25) is 0 Å². The van der Waals surface area contributed by atoms with Crippen LogP contribution in [0, 0.1) is 31.1 Å². The van der Waals surface area contributed by atoms with Crippen LogP contribution in [0.15, 0.2) is 6.20 Å². The third-order valence-electron chi connectivity index (χ3n) is 6.89. The molecule has 0 aliphatic heterocycles. The van der Waals surface area contributed by atoms with Gasteiger partial charge in [-0.25, -0.2) is 0 Å². The van der Waals surface area contributed by atoms with Gasteiger partial charge in [0.15, 0.2) is 0 Å². The molecule has 4 aliphatic carbocycles. The van der Waals surface area contributed by atoms with Crippen LogP contribution in [-0.4, -0.2) is 28.7 Å². The molecule has 2 N–H and O–H groups in total. The van der Waals surface area contributed by atoms with Crippen molar-refractivity contribution in [3.05, 3.63) is 23.0 Å². The minimum Gasteiger partial charge on any atom is -0.496 e. The second-order valence-corrected chi connectivity index (χ2v) is 9.19. The van der Waals surface area contributed by atoms with E-state index in [2.05, 4.69) is 10.3 Å². The highest BCUT2D eigenvalue weighted by atomic mass is 16.5. The van der Waals surface area contributed by atoms with E-state index in [1.807, 2.05) is 13.8 Å². The largest absolute Gasteiger partial charge is 0.496 e. The van der Waals surface area contributed by atoms with Gasteiger partial charge in [0.25, 0.3) is 0 Å². The molecule has 1 heterocycles. The Labute approximate surface area is 155 Å². The quantitative estimate of drug-likeness (QED) is 0.849. The predicted molar refractivity (Wildman–Crippen MR) is 98.8 cm³/mol. The highest BCUT2D eigenvalue weighted by Gasteiger charge is 2.57. The molecule has 0 aromatic carbocycles. The maximum Gasteiger partial charge on any atom is 0.220 e. The van der Waals surface area contributed by atoms with Crippen LogP contribution in [0.25, 0.3) is 0 Å². The molecule has 5 heteroatoms. The van der Waals surface area contributed by atoms with E-state index in [0.29, 0.717) is 24.8 Å². The van der Waals surface area contributed by atoms with E-state index in [4.69, 9.17) is 4.74 Å². The molecular weight excluding hydrogens is 328 g/mol. The molecule has 2 atom stereocenters. The summed E-state index contributed by atoms with van der Waals surface area (Å²) in [4.78, 5) is 17.1. The van der Waals surface area contributed by atoms with E-state index in [0.717, 1.165) is 54.7 Å². The maximum absolute atomic E-state index is 12.7. The third-order valence-corrected chi connectivity index (χ3v) is 6.89. The third kappa shape index (κ3) is 3.11. The number of nitrogens with zero attached hydrogens (tertiary/aromatic N) is 1. The molecule has 4 bridgehead atoms. The highest BCUT2D eigenvalue weighted by molar-refractivity contribution is 5.76. The fourth-order valence-electron chi connectivity index (χ4n) is 6.44. The molecule has 0 radical (unpaired) electrons. The summed E-state index contributed by atoms with van der Waals surface area (Å²) in [6, 6.07) is 0. The van der Waals surface area contributed by atoms with Gasteiger partial charge in [0, 0.05) is 23.7 Å². The van der Waals surface area contributed by atoms with Gasteiger partial charge in [-0.1, -0.05) is 0 Å². The van der Waals surface area contributed by atoms with Crippen molar-refractivity contribution in [2.24, 2.45) is 17.3 Å². The highest BCUT2D eigenvalue weighted by Crippen LogP contribution is 2.62. The number of aryl methyl sites for hydroxylation is 1. The average Bonchev–Trinajstić information content (AvgIpc) is 2.51. The summed E-state index contributed by atoms with van der Waals surface area (Å²) < 4.78 is 5.44. The maximum atomic E-state index is 12.7. The van der Waals surface area contributed by atoms with Crippen LogP contribution in [0.4, 0.5) is 0 Å². The lowest BCUT2D eigenvalue weighted by atomic mass is 9.47. The minimum absolute atomic E-state index is 0.0103. The molecule has 0 unspecified atom stereocenters. The summed E-state index contributed by atoms with van der Waals surface area (Å²) in [7, 11) is 1.66. The number of methoxy groups -OCH3 is 1. The summed E-state index contributed by atoms with van der Waals surface area (Å²) in [5, 5.41) is 13.9. The van der Waals surface area contributed by atoms with E-state index < -0.39 is 5.60 Å². The molecule has 0 saturated heterocycles. The number of hydrogen-bond acceptors (Lipinski definition) is 4. The Hall–Kier alpha value is -1.62. The lowest BCUT2D eigenvalue weighted by molar-refractivity contribution is -0.169. The molecule has 4 fully saturated rings. The molecule has 142 valence electrons. The fourth-order valence-corrected chi connectivity index (χ4v) is 6.44. The zero-order valence-corrected chi connectivity index (χ0v) is 16.1. The Morgan fingerprint density at radius 1 is 1.31 bits per heavy atom. The van der Waals surface area contributed by atoms with Gasteiger partial charge in [0.2, 0.25) is 5.91 Å². The van der Waals surface area contributed by atoms with Crippen molar-refractivity contribution < 1.29 is 14.6 Å². The zero-order valence-electron chi connectivity index (χ0n) is 16.1. The normalized spacial score (nSPS) is 34.8. The van der Waals surface area contributed by atoms with Crippen molar-refractivity contribution in [2.45, 2.75) is 70.9 Å². The molecule has 4 saturated carbocycles. The van der Waals surface area contributed by atoms with Gasteiger partial charge in [-0.2, -0.15) is 0 Å². The molecular formula is C21H30N2O3. The molecule has 0 spiro atoms. The molecule has 1 aromatic rings. The average molecular weight is 358 g/mol. The molecule has 26 heavy (non-hydrogen) atoms. The van der Waals surface area contributed by atoms with Crippen molar-refractivity contribution in [1.82, 2.24) is 10.3 Å². The number of nitrogens with one attached hydrogen (secondary N) is 1. The second-order valence-electron chi connectivity index (χ2n) is 9.19.